The van der Waals surface area contributed by atoms with Gasteiger partial charge >= 0.3 is 22.2 Å². The van der Waals surface area contributed by atoms with E-state index in [0.29, 0.717) is 16.4 Å². The van der Waals surface area contributed by atoms with Crippen LogP contribution in [0.15, 0.2) is 102 Å². The molecule has 0 fully saturated rings. The quantitative estimate of drug-likeness (QED) is 0.0808. The SMILES string of the molecule is COc1cccc(C=NNC(=S)Nc2ccccc2)c1[OH2+].[Ni+2].c1cnc2c(c1)ccc1cccnc12. The standard InChI is InChI=1S/C15H15N3O2S.C12H8N2.Ni/c1-20-13-9-5-6-11(14(13)19)10-16-18-15(21)17-12-7-3-2-4-8-12;1-3-9-5-6-10-4-2-8-14-12(10)11(9)13-7-1;/h2-10,19H,1H3,(H2,17,18,21);1-8H;/q;;+2/p+1. The topological polar surface area (TPSA) is 94.3 Å². The summed E-state index contributed by atoms with van der Waals surface area (Å²) in [5.74, 6) is 0.788. The Balaban J connectivity index is 0.000000208. The molecule has 0 aliphatic heterocycles. The van der Waals surface area contributed by atoms with Crippen LogP contribution < -0.4 is 15.5 Å². The van der Waals surface area contributed by atoms with Crippen LogP contribution in [-0.4, -0.2) is 33.5 Å². The maximum absolute atomic E-state index is 7.92. The van der Waals surface area contributed by atoms with Crippen molar-refractivity contribution in [3.05, 3.63) is 103 Å². The number of rotatable bonds is 4. The van der Waals surface area contributed by atoms with Crippen LogP contribution in [0.4, 0.5) is 5.69 Å². The Morgan fingerprint density at radius 1 is 0.861 bits per heavy atom. The number of ether oxygens (including phenoxy) is 1. The van der Waals surface area contributed by atoms with Crippen LogP contribution in [0.5, 0.6) is 11.5 Å². The second kappa shape index (κ2) is 13.1. The third-order valence-electron chi connectivity index (χ3n) is 5.02. The first kappa shape index (κ1) is 26.5. The number of anilines is 1. The predicted octanol–water partition coefficient (Wildman–Crippen LogP) is 5.23. The molecule has 3 aromatic carbocycles. The summed E-state index contributed by atoms with van der Waals surface area (Å²) in [6, 6.07) is 27.0. The van der Waals surface area contributed by atoms with Gasteiger partial charge in [-0.2, -0.15) is 5.10 Å². The van der Waals surface area contributed by atoms with Crippen LogP contribution in [0.2, 0.25) is 0 Å². The molecule has 5 rings (SSSR count). The molecule has 36 heavy (non-hydrogen) atoms. The molecule has 4 N–H and O–H groups in total. The summed E-state index contributed by atoms with van der Waals surface area (Å²) in [6.07, 6.45) is 5.14. The number of fused-ring (bicyclic) bond motifs is 3. The first-order valence-electron chi connectivity index (χ1n) is 10.8. The monoisotopic (exact) mass is 540 g/mol. The van der Waals surface area contributed by atoms with Crippen molar-refractivity contribution in [3.8, 4) is 11.5 Å². The Kier molecular flexibility index (Phi) is 9.68. The van der Waals surface area contributed by atoms with Crippen molar-refractivity contribution >= 4 is 51.0 Å². The fourth-order valence-electron chi connectivity index (χ4n) is 3.35. The van der Waals surface area contributed by atoms with Crippen LogP contribution in [0.3, 0.4) is 0 Å². The molecule has 5 aromatic rings. The normalized spacial score (nSPS) is 10.2. The number of hydrazone groups is 1. The molecule has 0 unspecified atom stereocenters. The van der Waals surface area contributed by atoms with Gasteiger partial charge in [0.15, 0.2) is 5.11 Å². The minimum Gasteiger partial charge on any atom is -0.590 e. The second-order valence-corrected chi connectivity index (χ2v) is 7.74. The molecule has 0 spiro atoms. The third-order valence-corrected chi connectivity index (χ3v) is 5.22. The number of thiocarbonyl (C=S) groups is 1. The van der Waals surface area contributed by atoms with Gasteiger partial charge in [-0.15, -0.1) is 0 Å². The van der Waals surface area contributed by atoms with Crippen LogP contribution in [0.25, 0.3) is 21.8 Å². The smallest absolute Gasteiger partial charge is 0.590 e. The van der Waals surface area contributed by atoms with E-state index in [1.165, 1.54) is 13.3 Å². The van der Waals surface area contributed by atoms with Gasteiger partial charge in [0.25, 0.3) is 0 Å². The largest absolute Gasteiger partial charge is 2.00 e. The van der Waals surface area contributed by atoms with E-state index >= 15 is 0 Å². The summed E-state index contributed by atoms with van der Waals surface area (Å²) in [7, 11) is 1.53. The number of hydrogen-bond acceptors (Lipinski definition) is 5. The van der Waals surface area contributed by atoms with Crippen LogP contribution >= 0.6 is 12.2 Å². The Morgan fingerprint density at radius 3 is 2.11 bits per heavy atom. The zero-order valence-corrected chi connectivity index (χ0v) is 21.1. The Morgan fingerprint density at radius 2 is 1.50 bits per heavy atom. The van der Waals surface area contributed by atoms with Gasteiger partial charge in [0.1, 0.15) is 0 Å². The van der Waals surface area contributed by atoms with Gasteiger partial charge in [-0.25, -0.2) is 0 Å². The van der Waals surface area contributed by atoms with E-state index in [0.717, 1.165) is 27.5 Å². The number of methoxy groups -OCH3 is 1. The zero-order valence-electron chi connectivity index (χ0n) is 19.3. The molecule has 0 bridgehead atoms. The molecule has 7 nitrogen and oxygen atoms in total. The van der Waals surface area contributed by atoms with Crippen molar-refractivity contribution in [1.29, 1.82) is 0 Å². The van der Waals surface area contributed by atoms with Crippen LogP contribution in [0.1, 0.15) is 5.56 Å². The molecule has 0 saturated carbocycles. The van der Waals surface area contributed by atoms with Gasteiger partial charge in [-0.1, -0.05) is 48.5 Å². The molecule has 9 heteroatoms. The summed E-state index contributed by atoms with van der Waals surface area (Å²) >= 11 is 5.13. The third kappa shape index (κ3) is 6.75. The molecular weight excluding hydrogens is 517 g/mol. The molecule has 0 aliphatic carbocycles. The molecule has 0 atom stereocenters. The Bertz CT molecular complexity index is 1430. The van der Waals surface area contributed by atoms with Gasteiger partial charge in [0.05, 0.1) is 29.9 Å². The molecule has 2 heterocycles. The molecule has 0 amide bonds. The maximum Gasteiger partial charge on any atom is 2.00 e. The fraction of sp³-hybridized carbons (Fsp3) is 0.0370. The van der Waals surface area contributed by atoms with Gasteiger partial charge in [0, 0.05) is 28.9 Å². The van der Waals surface area contributed by atoms with Crippen LogP contribution in [-0.2, 0) is 16.5 Å². The summed E-state index contributed by atoms with van der Waals surface area (Å²) in [6.45, 7) is 0. The molecule has 0 saturated heterocycles. The van der Waals surface area contributed by atoms with E-state index in [1.807, 2.05) is 42.5 Å². The number of nitrogens with zero attached hydrogens (tertiary/aromatic N) is 3. The van der Waals surface area contributed by atoms with Crippen molar-refractivity contribution in [2.75, 3.05) is 12.4 Å². The number of benzene rings is 3. The van der Waals surface area contributed by atoms with Crippen molar-refractivity contribution in [1.82, 2.24) is 15.4 Å². The van der Waals surface area contributed by atoms with Crippen molar-refractivity contribution < 1.29 is 26.3 Å². The number of para-hydroxylation sites is 2. The van der Waals surface area contributed by atoms with E-state index in [2.05, 4.69) is 50.1 Å². The predicted molar refractivity (Wildman–Crippen MR) is 146 cm³/mol. The minimum atomic E-state index is 0. The van der Waals surface area contributed by atoms with Crippen LogP contribution in [0, 0.1) is 0 Å². The number of hydrogen-bond donors (Lipinski definition) is 2. The van der Waals surface area contributed by atoms with E-state index in [-0.39, 0.29) is 22.2 Å². The molecule has 0 radical (unpaired) electrons. The number of pyridine rings is 2. The Labute approximate surface area is 224 Å². The molecular formula is C27H24N5NiO2S+3. The summed E-state index contributed by atoms with van der Waals surface area (Å²) in [5, 5.41) is 17.6. The van der Waals surface area contributed by atoms with Gasteiger partial charge in [0.2, 0.25) is 5.75 Å². The molecule has 182 valence electrons. The Hall–Kier alpha value is -4.07. The van der Waals surface area contributed by atoms with Gasteiger partial charge in [-0.05, 0) is 48.6 Å². The molecule has 2 aromatic heterocycles. The maximum atomic E-state index is 7.92. The van der Waals surface area contributed by atoms with E-state index < -0.39 is 0 Å². The van der Waals surface area contributed by atoms with Crippen molar-refractivity contribution in [2.24, 2.45) is 5.10 Å². The van der Waals surface area contributed by atoms with Crippen molar-refractivity contribution in [3.63, 3.8) is 0 Å². The number of nitrogens with one attached hydrogen (secondary N) is 2. The first-order valence-corrected chi connectivity index (χ1v) is 11.2. The molecule has 0 aliphatic rings. The average molecular weight is 541 g/mol. The second-order valence-electron chi connectivity index (χ2n) is 7.33. The van der Waals surface area contributed by atoms with E-state index in [4.69, 9.17) is 22.1 Å². The summed E-state index contributed by atoms with van der Waals surface area (Å²) < 4.78 is 5.08. The summed E-state index contributed by atoms with van der Waals surface area (Å²) in [4.78, 5) is 8.69. The van der Waals surface area contributed by atoms with Crippen molar-refractivity contribution in [2.45, 2.75) is 0 Å². The zero-order chi connectivity index (χ0) is 24.5. The summed E-state index contributed by atoms with van der Waals surface area (Å²) in [5.41, 5.74) is 6.19. The number of aromatic nitrogens is 2. The minimum absolute atomic E-state index is 0. The van der Waals surface area contributed by atoms with Gasteiger partial charge in [-0.3, -0.25) is 15.4 Å². The first-order chi connectivity index (χ1) is 17.2. The average Bonchev–Trinajstić information content (AvgIpc) is 2.90. The fourth-order valence-corrected chi connectivity index (χ4v) is 3.52. The van der Waals surface area contributed by atoms with E-state index in [9.17, 15) is 0 Å². The van der Waals surface area contributed by atoms with Gasteiger partial charge < -0.3 is 15.2 Å². The van der Waals surface area contributed by atoms with E-state index in [1.54, 1.807) is 30.6 Å².